The third-order valence-corrected chi connectivity index (χ3v) is 9.34. The quantitative estimate of drug-likeness (QED) is 0.224. The molecule has 202 valence electrons. The van der Waals surface area contributed by atoms with Crippen molar-refractivity contribution in [3.05, 3.63) is 138 Å². The van der Waals surface area contributed by atoms with Crippen molar-refractivity contribution in [2.75, 3.05) is 0 Å². The van der Waals surface area contributed by atoms with Crippen molar-refractivity contribution in [1.29, 1.82) is 0 Å². The Balaban J connectivity index is 1.29. The maximum Gasteiger partial charge on any atom is 0.164 e. The predicted molar refractivity (Wildman–Crippen MR) is 171 cm³/mol. The van der Waals surface area contributed by atoms with E-state index in [9.17, 15) is 0 Å². The van der Waals surface area contributed by atoms with Gasteiger partial charge in [-0.2, -0.15) is 0 Å². The maximum absolute atomic E-state index is 4.99. The Bertz CT molecular complexity index is 1960. The predicted octanol–water partition coefficient (Wildman–Crippen LogP) is 9.49. The second-order valence-corrected chi connectivity index (χ2v) is 12.5. The van der Waals surface area contributed by atoms with Gasteiger partial charge in [0, 0.05) is 27.5 Å². The van der Waals surface area contributed by atoms with Gasteiger partial charge in [0.2, 0.25) is 0 Å². The minimum Gasteiger partial charge on any atom is -0.208 e. The van der Waals surface area contributed by atoms with Crippen LogP contribution in [0, 0.1) is 0 Å². The molecule has 2 aliphatic carbocycles. The van der Waals surface area contributed by atoms with Gasteiger partial charge in [0.25, 0.3) is 0 Å². The van der Waals surface area contributed by atoms with Gasteiger partial charge in [-0.1, -0.05) is 125 Å². The lowest BCUT2D eigenvalue weighted by atomic mass is 9.79. The molecule has 1 heterocycles. The van der Waals surface area contributed by atoms with Crippen LogP contribution in [0.2, 0.25) is 0 Å². The lowest BCUT2D eigenvalue weighted by molar-refractivity contribution is 0.652. The summed E-state index contributed by atoms with van der Waals surface area (Å²) < 4.78 is 0. The number of rotatable bonds is 3. The van der Waals surface area contributed by atoms with E-state index in [0.29, 0.717) is 17.5 Å². The van der Waals surface area contributed by atoms with Crippen molar-refractivity contribution in [3.63, 3.8) is 0 Å². The molecule has 0 fully saturated rings. The molecule has 3 heteroatoms. The first kappa shape index (κ1) is 24.9. The second kappa shape index (κ2) is 8.80. The van der Waals surface area contributed by atoms with Crippen LogP contribution >= 0.6 is 0 Å². The Morgan fingerprint density at radius 1 is 0.357 bits per heavy atom. The standard InChI is InChI=1S/C39H31N3/c1-38(2)31-18-12-11-17-27(31)29-22-34-30(23-33(29)38)28-20-19-26(21-32(28)39(34,3)4)37-41-35(24-13-7-5-8-14-24)40-36(42-37)25-15-9-6-10-16-25/h5-23H,1-4H3. The van der Waals surface area contributed by atoms with Crippen LogP contribution < -0.4 is 0 Å². The van der Waals surface area contributed by atoms with E-state index in [1.807, 2.05) is 36.4 Å². The molecular formula is C39H31N3. The van der Waals surface area contributed by atoms with Crippen LogP contribution in [0.3, 0.4) is 0 Å². The van der Waals surface area contributed by atoms with Gasteiger partial charge in [0.15, 0.2) is 17.5 Å². The van der Waals surface area contributed by atoms with Crippen LogP contribution in [0.25, 0.3) is 56.4 Å². The van der Waals surface area contributed by atoms with Crippen molar-refractivity contribution in [1.82, 2.24) is 15.0 Å². The molecule has 0 atom stereocenters. The molecule has 0 saturated heterocycles. The maximum atomic E-state index is 4.99. The van der Waals surface area contributed by atoms with Crippen molar-refractivity contribution >= 4 is 0 Å². The fraction of sp³-hybridized carbons (Fsp3) is 0.154. The highest BCUT2D eigenvalue weighted by Gasteiger charge is 2.41. The molecule has 0 unspecified atom stereocenters. The molecule has 5 aromatic carbocycles. The topological polar surface area (TPSA) is 38.7 Å². The summed E-state index contributed by atoms with van der Waals surface area (Å²) in [7, 11) is 0. The number of hydrogen-bond donors (Lipinski definition) is 0. The first-order valence-corrected chi connectivity index (χ1v) is 14.6. The van der Waals surface area contributed by atoms with Gasteiger partial charge >= 0.3 is 0 Å². The fourth-order valence-corrected chi connectivity index (χ4v) is 7.01. The normalized spacial score (nSPS) is 15.0. The lowest BCUT2D eigenvalue weighted by Crippen LogP contribution is -2.17. The first-order chi connectivity index (χ1) is 20.3. The van der Waals surface area contributed by atoms with Crippen LogP contribution in [-0.2, 0) is 10.8 Å². The summed E-state index contributed by atoms with van der Waals surface area (Å²) in [5, 5.41) is 0. The second-order valence-electron chi connectivity index (χ2n) is 12.5. The first-order valence-electron chi connectivity index (χ1n) is 14.6. The molecule has 0 amide bonds. The minimum absolute atomic E-state index is 0.0274. The van der Waals surface area contributed by atoms with Gasteiger partial charge < -0.3 is 0 Å². The summed E-state index contributed by atoms with van der Waals surface area (Å²) in [6, 6.07) is 40.9. The van der Waals surface area contributed by atoms with Crippen LogP contribution in [0.4, 0.5) is 0 Å². The molecule has 6 aromatic rings. The summed E-state index contributed by atoms with van der Waals surface area (Å²) in [5.41, 5.74) is 13.7. The molecule has 8 rings (SSSR count). The fourth-order valence-electron chi connectivity index (χ4n) is 7.01. The third-order valence-electron chi connectivity index (χ3n) is 9.34. The molecule has 1 aromatic heterocycles. The molecule has 0 N–H and O–H groups in total. The SMILES string of the molecule is CC1(C)c2ccccc2-c2cc3c(cc21)-c1ccc(-c2nc(-c4ccccc4)nc(-c4ccccc4)n2)cc1C3(C)C. The summed E-state index contributed by atoms with van der Waals surface area (Å²) in [5.74, 6) is 2.05. The Morgan fingerprint density at radius 3 is 1.36 bits per heavy atom. The number of fused-ring (bicyclic) bond motifs is 6. The van der Waals surface area contributed by atoms with Crippen molar-refractivity contribution in [2.45, 2.75) is 38.5 Å². The van der Waals surface area contributed by atoms with Gasteiger partial charge in [0.1, 0.15) is 0 Å². The molecule has 0 radical (unpaired) electrons. The zero-order valence-electron chi connectivity index (χ0n) is 24.3. The molecule has 42 heavy (non-hydrogen) atoms. The molecule has 0 saturated carbocycles. The summed E-state index contributed by atoms with van der Waals surface area (Å²) >= 11 is 0. The van der Waals surface area contributed by atoms with Crippen molar-refractivity contribution < 1.29 is 0 Å². The highest BCUT2D eigenvalue weighted by molar-refractivity contribution is 5.90. The number of hydrogen-bond acceptors (Lipinski definition) is 3. The molecule has 2 aliphatic rings. The highest BCUT2D eigenvalue weighted by Crippen LogP contribution is 2.56. The largest absolute Gasteiger partial charge is 0.208 e. The van der Waals surface area contributed by atoms with Crippen LogP contribution in [0.1, 0.15) is 49.9 Å². The Morgan fingerprint density at radius 2 is 0.786 bits per heavy atom. The van der Waals surface area contributed by atoms with E-state index in [0.717, 1.165) is 16.7 Å². The van der Waals surface area contributed by atoms with E-state index in [2.05, 4.69) is 107 Å². The van der Waals surface area contributed by atoms with E-state index in [1.54, 1.807) is 0 Å². The highest BCUT2D eigenvalue weighted by atomic mass is 15.0. The average Bonchev–Trinajstić information content (AvgIpc) is 3.40. The molecule has 3 nitrogen and oxygen atoms in total. The third kappa shape index (κ3) is 3.56. The zero-order chi connectivity index (χ0) is 28.6. The Kier molecular flexibility index (Phi) is 5.21. The van der Waals surface area contributed by atoms with E-state index < -0.39 is 0 Å². The smallest absolute Gasteiger partial charge is 0.164 e. The van der Waals surface area contributed by atoms with Gasteiger partial charge in [-0.05, 0) is 62.7 Å². The number of benzene rings is 5. The molecule has 0 bridgehead atoms. The van der Waals surface area contributed by atoms with E-state index >= 15 is 0 Å². The van der Waals surface area contributed by atoms with E-state index in [1.165, 1.54) is 44.5 Å². The van der Waals surface area contributed by atoms with E-state index in [4.69, 9.17) is 15.0 Å². The molecule has 0 spiro atoms. The summed E-state index contributed by atoms with van der Waals surface area (Å²) in [4.78, 5) is 14.9. The summed E-state index contributed by atoms with van der Waals surface area (Å²) in [6.07, 6.45) is 0. The van der Waals surface area contributed by atoms with Gasteiger partial charge in [-0.3, -0.25) is 0 Å². The molecular weight excluding hydrogens is 510 g/mol. The Hall–Kier alpha value is -4.89. The summed E-state index contributed by atoms with van der Waals surface area (Å²) in [6.45, 7) is 9.39. The van der Waals surface area contributed by atoms with Crippen LogP contribution in [0.5, 0.6) is 0 Å². The minimum atomic E-state index is -0.158. The monoisotopic (exact) mass is 541 g/mol. The number of aromatic nitrogens is 3. The van der Waals surface area contributed by atoms with Crippen LogP contribution in [0.15, 0.2) is 115 Å². The van der Waals surface area contributed by atoms with Crippen molar-refractivity contribution in [3.8, 4) is 56.4 Å². The van der Waals surface area contributed by atoms with E-state index in [-0.39, 0.29) is 10.8 Å². The van der Waals surface area contributed by atoms with Gasteiger partial charge in [-0.15, -0.1) is 0 Å². The van der Waals surface area contributed by atoms with Crippen LogP contribution in [-0.4, -0.2) is 15.0 Å². The zero-order valence-corrected chi connectivity index (χ0v) is 24.3. The molecule has 0 aliphatic heterocycles. The number of nitrogens with zero attached hydrogens (tertiary/aromatic N) is 3. The lowest BCUT2D eigenvalue weighted by Gasteiger charge is -2.24. The van der Waals surface area contributed by atoms with Gasteiger partial charge in [0.05, 0.1) is 0 Å². The Labute approximate surface area is 247 Å². The average molecular weight is 542 g/mol. The van der Waals surface area contributed by atoms with Crippen molar-refractivity contribution in [2.24, 2.45) is 0 Å². The van der Waals surface area contributed by atoms with Gasteiger partial charge in [-0.25, -0.2) is 15.0 Å².